The molecule has 0 saturated heterocycles. The number of alkyl halides is 1. The Labute approximate surface area is 124 Å². The number of hydrogen-bond donors (Lipinski definition) is 0. The summed E-state index contributed by atoms with van der Waals surface area (Å²) < 4.78 is 5.32. The van der Waals surface area contributed by atoms with Crippen LogP contribution in [0.4, 0.5) is 5.69 Å². The number of rotatable bonds is 4. The van der Waals surface area contributed by atoms with Gasteiger partial charge in [0.1, 0.15) is 5.75 Å². The molecule has 3 atom stereocenters. The maximum Gasteiger partial charge on any atom is 0.269 e. The lowest BCUT2D eigenvalue weighted by atomic mass is 9.79. The molecule has 0 heterocycles. The normalized spacial score (nSPS) is 26.2. The molecule has 1 aromatic carbocycles. The summed E-state index contributed by atoms with van der Waals surface area (Å²) in [5, 5.41) is 11.0. The molecule has 1 aromatic rings. The number of nitro benzene ring substituents is 1. The number of methoxy groups -OCH3 is 1. The first kappa shape index (κ1) is 15.1. The summed E-state index contributed by atoms with van der Waals surface area (Å²) in [5.74, 6) is 1.73. The van der Waals surface area contributed by atoms with Gasteiger partial charge in [0.05, 0.1) is 12.0 Å². The van der Waals surface area contributed by atoms with Gasteiger partial charge in [-0.3, -0.25) is 10.1 Å². The molecule has 1 aliphatic rings. The van der Waals surface area contributed by atoms with Crippen molar-refractivity contribution in [3.05, 3.63) is 33.9 Å². The number of benzene rings is 1. The minimum absolute atomic E-state index is 0.107. The van der Waals surface area contributed by atoms with Gasteiger partial charge < -0.3 is 4.74 Å². The molecule has 1 aliphatic carbocycles. The largest absolute Gasteiger partial charge is 0.496 e. The highest BCUT2D eigenvalue weighted by atomic mass is 35.5. The van der Waals surface area contributed by atoms with E-state index < -0.39 is 0 Å². The van der Waals surface area contributed by atoms with E-state index in [0.717, 1.165) is 31.2 Å². The predicted molar refractivity (Wildman–Crippen MR) is 79.5 cm³/mol. The highest BCUT2D eigenvalue weighted by molar-refractivity contribution is 6.20. The molecule has 20 heavy (non-hydrogen) atoms. The summed E-state index contributed by atoms with van der Waals surface area (Å²) in [7, 11) is 1.59. The van der Waals surface area contributed by atoms with E-state index in [1.165, 1.54) is 6.07 Å². The third-order valence-corrected chi connectivity index (χ3v) is 4.68. The number of halogens is 1. The number of hydrogen-bond acceptors (Lipinski definition) is 3. The predicted octanol–water partition coefficient (Wildman–Crippen LogP) is 4.19. The minimum atomic E-state index is -0.370. The van der Waals surface area contributed by atoms with Crippen molar-refractivity contribution >= 4 is 17.3 Å². The van der Waals surface area contributed by atoms with E-state index in [9.17, 15) is 10.1 Å². The van der Waals surface area contributed by atoms with Crippen molar-refractivity contribution in [3.8, 4) is 5.75 Å². The topological polar surface area (TPSA) is 52.4 Å². The molecule has 0 spiro atoms. The second-order valence-electron chi connectivity index (χ2n) is 5.65. The third kappa shape index (κ3) is 3.42. The van der Waals surface area contributed by atoms with Gasteiger partial charge in [0.25, 0.3) is 5.69 Å². The molecule has 0 radical (unpaired) electrons. The molecular formula is C15H20ClNO3. The summed E-state index contributed by atoms with van der Waals surface area (Å²) in [6.07, 6.45) is 3.99. The van der Waals surface area contributed by atoms with E-state index >= 15 is 0 Å². The van der Waals surface area contributed by atoms with Crippen LogP contribution < -0.4 is 4.74 Å². The van der Waals surface area contributed by atoms with Crippen molar-refractivity contribution < 1.29 is 9.66 Å². The molecule has 1 saturated carbocycles. The molecule has 0 bridgehead atoms. The van der Waals surface area contributed by atoms with E-state index in [1.54, 1.807) is 19.2 Å². The molecule has 3 unspecified atom stereocenters. The standard InChI is InChI=1S/C15H20ClNO3/c1-10-3-5-14(16)11(7-10)8-12-9-13(17(18)19)4-6-15(12)20-2/h4,6,9-11,14H,3,5,7-8H2,1-2H3. The first-order valence-corrected chi connectivity index (χ1v) is 7.40. The lowest BCUT2D eigenvalue weighted by Gasteiger charge is -2.31. The van der Waals surface area contributed by atoms with Crippen LogP contribution in [-0.4, -0.2) is 17.4 Å². The van der Waals surface area contributed by atoms with Gasteiger partial charge in [-0.15, -0.1) is 11.6 Å². The number of non-ortho nitro benzene ring substituents is 1. The zero-order valence-electron chi connectivity index (χ0n) is 11.8. The molecule has 2 rings (SSSR count). The number of nitrogens with zero attached hydrogens (tertiary/aromatic N) is 1. The van der Waals surface area contributed by atoms with Gasteiger partial charge in [-0.2, -0.15) is 0 Å². The van der Waals surface area contributed by atoms with Crippen molar-refractivity contribution in [1.29, 1.82) is 0 Å². The van der Waals surface area contributed by atoms with Crippen LogP contribution in [0.25, 0.3) is 0 Å². The lowest BCUT2D eigenvalue weighted by molar-refractivity contribution is -0.384. The maximum atomic E-state index is 10.9. The minimum Gasteiger partial charge on any atom is -0.496 e. The Morgan fingerprint density at radius 3 is 2.85 bits per heavy atom. The Balaban J connectivity index is 2.22. The molecule has 110 valence electrons. The van der Waals surface area contributed by atoms with Gasteiger partial charge >= 0.3 is 0 Å². The van der Waals surface area contributed by atoms with Crippen molar-refractivity contribution in [1.82, 2.24) is 0 Å². The van der Waals surface area contributed by atoms with E-state index in [1.807, 2.05) is 0 Å². The van der Waals surface area contributed by atoms with Crippen LogP contribution in [0.5, 0.6) is 5.75 Å². The van der Waals surface area contributed by atoms with Crippen molar-refractivity contribution in [2.24, 2.45) is 11.8 Å². The molecule has 0 N–H and O–H groups in total. The zero-order valence-corrected chi connectivity index (χ0v) is 12.6. The molecule has 0 aromatic heterocycles. The van der Waals surface area contributed by atoms with Crippen molar-refractivity contribution in [2.45, 2.75) is 38.0 Å². The number of nitro groups is 1. The first-order valence-electron chi connectivity index (χ1n) is 6.96. The van der Waals surface area contributed by atoms with Gasteiger partial charge in [0, 0.05) is 23.1 Å². The van der Waals surface area contributed by atoms with Crippen LogP contribution in [0.15, 0.2) is 18.2 Å². The van der Waals surface area contributed by atoms with Gasteiger partial charge in [-0.05, 0) is 43.6 Å². The van der Waals surface area contributed by atoms with Crippen LogP contribution in [0.1, 0.15) is 31.7 Å². The summed E-state index contributed by atoms with van der Waals surface area (Å²) in [6.45, 7) is 2.24. The van der Waals surface area contributed by atoms with E-state index in [0.29, 0.717) is 17.6 Å². The average Bonchev–Trinajstić information content (AvgIpc) is 2.42. The van der Waals surface area contributed by atoms with Crippen LogP contribution in [0.3, 0.4) is 0 Å². The SMILES string of the molecule is COc1ccc([N+](=O)[O-])cc1CC1CC(C)CCC1Cl. The zero-order chi connectivity index (χ0) is 14.7. The fourth-order valence-electron chi connectivity index (χ4n) is 2.99. The quantitative estimate of drug-likeness (QED) is 0.476. The average molecular weight is 298 g/mol. The van der Waals surface area contributed by atoms with Crippen LogP contribution in [0.2, 0.25) is 0 Å². The Morgan fingerprint density at radius 1 is 1.45 bits per heavy atom. The fraction of sp³-hybridized carbons (Fsp3) is 0.600. The third-order valence-electron chi connectivity index (χ3n) is 4.11. The molecular weight excluding hydrogens is 278 g/mol. The summed E-state index contributed by atoms with van der Waals surface area (Å²) in [6, 6.07) is 4.76. The Hall–Kier alpha value is -1.29. The van der Waals surface area contributed by atoms with Crippen LogP contribution in [0, 0.1) is 22.0 Å². The molecule has 4 nitrogen and oxygen atoms in total. The van der Waals surface area contributed by atoms with Crippen molar-refractivity contribution in [2.75, 3.05) is 7.11 Å². The van der Waals surface area contributed by atoms with E-state index in [-0.39, 0.29) is 16.0 Å². The summed E-state index contributed by atoms with van der Waals surface area (Å²) in [5.41, 5.74) is 0.988. The van der Waals surface area contributed by atoms with Gasteiger partial charge in [0.15, 0.2) is 0 Å². The highest BCUT2D eigenvalue weighted by Crippen LogP contribution is 2.37. The van der Waals surface area contributed by atoms with Gasteiger partial charge in [-0.1, -0.05) is 6.92 Å². The van der Waals surface area contributed by atoms with Crippen molar-refractivity contribution in [3.63, 3.8) is 0 Å². The second-order valence-corrected chi connectivity index (χ2v) is 6.21. The highest BCUT2D eigenvalue weighted by Gasteiger charge is 2.28. The van der Waals surface area contributed by atoms with E-state index in [4.69, 9.17) is 16.3 Å². The second kappa shape index (κ2) is 6.44. The monoisotopic (exact) mass is 297 g/mol. The Morgan fingerprint density at radius 2 is 2.20 bits per heavy atom. The Bertz CT molecular complexity index is 492. The van der Waals surface area contributed by atoms with Gasteiger partial charge in [0.2, 0.25) is 0 Å². The van der Waals surface area contributed by atoms with Gasteiger partial charge in [-0.25, -0.2) is 0 Å². The lowest BCUT2D eigenvalue weighted by Crippen LogP contribution is -2.26. The molecule has 5 heteroatoms. The molecule has 0 amide bonds. The fourth-order valence-corrected chi connectivity index (χ4v) is 3.31. The summed E-state index contributed by atoms with van der Waals surface area (Å²) in [4.78, 5) is 10.5. The smallest absolute Gasteiger partial charge is 0.269 e. The first-order chi connectivity index (χ1) is 9.51. The summed E-state index contributed by atoms with van der Waals surface area (Å²) >= 11 is 6.42. The molecule has 0 aliphatic heterocycles. The van der Waals surface area contributed by atoms with E-state index in [2.05, 4.69) is 6.92 Å². The van der Waals surface area contributed by atoms with Crippen LogP contribution >= 0.6 is 11.6 Å². The number of ether oxygens (including phenoxy) is 1. The maximum absolute atomic E-state index is 10.9. The Kier molecular flexibility index (Phi) is 4.86. The van der Waals surface area contributed by atoms with Crippen LogP contribution in [-0.2, 0) is 6.42 Å². The molecule has 1 fully saturated rings.